The van der Waals surface area contributed by atoms with Crippen LogP contribution in [-0.4, -0.2) is 23.5 Å². The van der Waals surface area contributed by atoms with Crippen molar-refractivity contribution >= 4 is 11.7 Å². The molecule has 82 valence electrons. The van der Waals surface area contributed by atoms with Crippen LogP contribution in [0.4, 0.5) is 0 Å². The molecule has 0 saturated heterocycles. The Morgan fingerprint density at radius 2 is 2.00 bits per heavy atom. The van der Waals surface area contributed by atoms with E-state index < -0.39 is 5.41 Å². The predicted octanol–water partition coefficient (Wildman–Crippen LogP) is 2.21. The number of rotatable bonds is 4. The van der Waals surface area contributed by atoms with Gasteiger partial charge in [0.1, 0.15) is 0 Å². The van der Waals surface area contributed by atoms with E-state index in [1.54, 1.807) is 6.92 Å². The zero-order chi connectivity index (χ0) is 11.2. The van der Waals surface area contributed by atoms with Gasteiger partial charge in [0.05, 0.1) is 17.7 Å². The van der Waals surface area contributed by atoms with Gasteiger partial charge in [-0.2, -0.15) is 0 Å². The van der Waals surface area contributed by atoms with Crippen LogP contribution in [0.2, 0.25) is 0 Å². The molecule has 0 bridgehead atoms. The number of carbonyl (C=O) groups is 1. The van der Waals surface area contributed by atoms with E-state index in [1.807, 2.05) is 20.8 Å². The van der Waals surface area contributed by atoms with Crippen molar-refractivity contribution in [1.29, 1.82) is 0 Å². The predicted molar refractivity (Wildman–Crippen MR) is 54.5 cm³/mol. The molecule has 0 radical (unpaired) electrons. The van der Waals surface area contributed by atoms with E-state index >= 15 is 0 Å². The Morgan fingerprint density at radius 3 is 2.43 bits per heavy atom. The molecule has 0 atom stereocenters. The summed E-state index contributed by atoms with van der Waals surface area (Å²) in [5.74, 6) is -0.198. The van der Waals surface area contributed by atoms with Gasteiger partial charge in [-0.05, 0) is 40.5 Å². The van der Waals surface area contributed by atoms with Crippen LogP contribution in [0.3, 0.4) is 0 Å². The van der Waals surface area contributed by atoms with Gasteiger partial charge in [-0.3, -0.25) is 4.79 Å². The molecule has 1 N–H and O–H groups in total. The molecule has 0 saturated carbocycles. The fourth-order valence-corrected chi connectivity index (χ4v) is 0.759. The molecular weight excluding hydrogens is 182 g/mol. The SMILES string of the molecule is C/C(CCCOC(=O)C(C)(C)C)=N/O. The number of nitrogens with zero attached hydrogens (tertiary/aromatic N) is 1. The van der Waals surface area contributed by atoms with E-state index in [1.165, 1.54) is 0 Å². The van der Waals surface area contributed by atoms with Gasteiger partial charge in [0.2, 0.25) is 0 Å². The first kappa shape index (κ1) is 12.9. The Labute approximate surface area is 84.9 Å². The summed E-state index contributed by atoms with van der Waals surface area (Å²) < 4.78 is 5.03. The van der Waals surface area contributed by atoms with Gasteiger partial charge in [-0.1, -0.05) is 5.16 Å². The van der Waals surface area contributed by atoms with Gasteiger partial charge >= 0.3 is 5.97 Å². The minimum Gasteiger partial charge on any atom is -0.465 e. The second-order valence-corrected chi connectivity index (χ2v) is 4.32. The molecule has 0 fully saturated rings. The molecule has 0 aliphatic carbocycles. The number of hydrogen-bond donors (Lipinski definition) is 1. The average molecular weight is 201 g/mol. The Bertz CT molecular complexity index is 216. The number of esters is 1. The summed E-state index contributed by atoms with van der Waals surface area (Å²) in [5, 5.41) is 11.4. The van der Waals surface area contributed by atoms with E-state index in [0.29, 0.717) is 25.2 Å². The Hall–Kier alpha value is -1.06. The highest BCUT2D eigenvalue weighted by Gasteiger charge is 2.22. The summed E-state index contributed by atoms with van der Waals surface area (Å²) >= 11 is 0. The fourth-order valence-electron chi connectivity index (χ4n) is 0.759. The first-order chi connectivity index (χ1) is 6.38. The summed E-state index contributed by atoms with van der Waals surface area (Å²) in [4.78, 5) is 11.3. The second kappa shape index (κ2) is 5.62. The lowest BCUT2D eigenvalue weighted by Crippen LogP contribution is -2.23. The molecular formula is C10H19NO3. The van der Waals surface area contributed by atoms with E-state index in [4.69, 9.17) is 9.94 Å². The highest BCUT2D eigenvalue weighted by Crippen LogP contribution is 2.15. The maximum atomic E-state index is 11.3. The standard InChI is InChI=1S/C10H19NO3/c1-8(11-13)6-5-7-14-9(12)10(2,3)4/h13H,5-7H2,1-4H3/b11-8-. The number of hydrogen-bond acceptors (Lipinski definition) is 4. The lowest BCUT2D eigenvalue weighted by Gasteiger charge is -2.16. The molecule has 0 rings (SSSR count). The maximum absolute atomic E-state index is 11.3. The van der Waals surface area contributed by atoms with Gasteiger partial charge in [0.25, 0.3) is 0 Å². The third-order valence-corrected chi connectivity index (χ3v) is 1.70. The van der Waals surface area contributed by atoms with Gasteiger partial charge < -0.3 is 9.94 Å². The zero-order valence-corrected chi connectivity index (χ0v) is 9.33. The lowest BCUT2D eigenvalue weighted by atomic mass is 9.97. The highest BCUT2D eigenvalue weighted by molar-refractivity contribution is 5.81. The molecule has 0 aromatic carbocycles. The Kier molecular flexibility index (Phi) is 5.20. The van der Waals surface area contributed by atoms with Gasteiger partial charge in [-0.15, -0.1) is 0 Å². The van der Waals surface area contributed by atoms with Crippen molar-refractivity contribution in [3.05, 3.63) is 0 Å². The molecule has 0 aromatic heterocycles. The number of oxime groups is 1. The van der Waals surface area contributed by atoms with E-state index in [9.17, 15) is 4.79 Å². The van der Waals surface area contributed by atoms with Crippen LogP contribution in [0.25, 0.3) is 0 Å². The number of carbonyl (C=O) groups excluding carboxylic acids is 1. The van der Waals surface area contributed by atoms with Crippen LogP contribution >= 0.6 is 0 Å². The van der Waals surface area contributed by atoms with Gasteiger partial charge in [0.15, 0.2) is 0 Å². The zero-order valence-electron chi connectivity index (χ0n) is 9.33. The molecule has 14 heavy (non-hydrogen) atoms. The number of ether oxygens (including phenoxy) is 1. The van der Waals surface area contributed by atoms with Gasteiger partial charge in [0, 0.05) is 0 Å². The van der Waals surface area contributed by atoms with Crippen LogP contribution in [0.5, 0.6) is 0 Å². The van der Waals surface area contributed by atoms with Crippen molar-refractivity contribution in [1.82, 2.24) is 0 Å². The van der Waals surface area contributed by atoms with Crippen LogP contribution in [0, 0.1) is 5.41 Å². The third kappa shape index (κ3) is 5.56. The molecule has 0 amide bonds. The van der Waals surface area contributed by atoms with Crippen molar-refractivity contribution in [3.8, 4) is 0 Å². The van der Waals surface area contributed by atoms with Crippen molar-refractivity contribution in [2.45, 2.75) is 40.5 Å². The van der Waals surface area contributed by atoms with Crippen LogP contribution in [0.1, 0.15) is 40.5 Å². The average Bonchev–Trinajstić information content (AvgIpc) is 2.09. The fraction of sp³-hybridized carbons (Fsp3) is 0.800. The summed E-state index contributed by atoms with van der Waals surface area (Å²) in [5.41, 5.74) is 0.205. The Balaban J connectivity index is 3.61. The smallest absolute Gasteiger partial charge is 0.311 e. The molecule has 0 aliphatic heterocycles. The largest absolute Gasteiger partial charge is 0.465 e. The topological polar surface area (TPSA) is 58.9 Å². The highest BCUT2D eigenvalue weighted by atomic mass is 16.5. The van der Waals surface area contributed by atoms with Crippen molar-refractivity contribution in [2.24, 2.45) is 10.6 Å². The summed E-state index contributed by atoms with van der Waals surface area (Å²) in [7, 11) is 0. The third-order valence-electron chi connectivity index (χ3n) is 1.70. The molecule has 0 spiro atoms. The Morgan fingerprint density at radius 1 is 1.43 bits per heavy atom. The second-order valence-electron chi connectivity index (χ2n) is 4.32. The summed E-state index contributed by atoms with van der Waals surface area (Å²) in [6.45, 7) is 7.55. The van der Waals surface area contributed by atoms with Crippen molar-refractivity contribution < 1.29 is 14.7 Å². The van der Waals surface area contributed by atoms with Crippen molar-refractivity contribution in [2.75, 3.05) is 6.61 Å². The van der Waals surface area contributed by atoms with E-state index in [0.717, 1.165) is 0 Å². The lowest BCUT2D eigenvalue weighted by molar-refractivity contribution is -0.152. The molecule has 4 nitrogen and oxygen atoms in total. The summed E-state index contributed by atoms with van der Waals surface area (Å²) in [6, 6.07) is 0. The molecule has 0 heterocycles. The molecule has 0 aliphatic rings. The first-order valence-corrected chi connectivity index (χ1v) is 4.72. The minimum atomic E-state index is -0.444. The minimum absolute atomic E-state index is 0.198. The first-order valence-electron chi connectivity index (χ1n) is 4.72. The normalized spacial score (nSPS) is 12.7. The van der Waals surface area contributed by atoms with Crippen LogP contribution in [0.15, 0.2) is 5.16 Å². The maximum Gasteiger partial charge on any atom is 0.311 e. The van der Waals surface area contributed by atoms with Gasteiger partial charge in [-0.25, -0.2) is 0 Å². The molecule has 0 aromatic rings. The molecule has 0 unspecified atom stereocenters. The monoisotopic (exact) mass is 201 g/mol. The quantitative estimate of drug-likeness (QED) is 0.249. The van der Waals surface area contributed by atoms with Crippen molar-refractivity contribution in [3.63, 3.8) is 0 Å². The van der Waals surface area contributed by atoms with Crippen LogP contribution < -0.4 is 0 Å². The van der Waals surface area contributed by atoms with E-state index in [-0.39, 0.29) is 5.97 Å². The summed E-state index contributed by atoms with van der Waals surface area (Å²) in [6.07, 6.45) is 1.34. The molecule has 4 heteroatoms. The van der Waals surface area contributed by atoms with E-state index in [2.05, 4.69) is 5.16 Å². The van der Waals surface area contributed by atoms with Crippen LogP contribution in [-0.2, 0) is 9.53 Å².